The van der Waals surface area contributed by atoms with Gasteiger partial charge in [-0.2, -0.15) is 0 Å². The van der Waals surface area contributed by atoms with Gasteiger partial charge in [0.1, 0.15) is 5.76 Å². The van der Waals surface area contributed by atoms with E-state index < -0.39 is 0 Å². The first-order chi connectivity index (χ1) is 5.06. The minimum atomic E-state index is -0.160. The third kappa shape index (κ3) is 1.77. The zero-order valence-electron chi connectivity index (χ0n) is 7.01. The van der Waals surface area contributed by atoms with E-state index in [-0.39, 0.29) is 9.86 Å². The Morgan fingerprint density at radius 1 is 1.64 bits per heavy atom. The molecule has 0 atom stereocenters. The van der Waals surface area contributed by atoms with E-state index in [1.807, 2.05) is 20.8 Å². The largest absolute Gasteiger partial charge is 0.497 e. The molecule has 0 amide bonds. The predicted molar refractivity (Wildman–Crippen MR) is 46.4 cm³/mol. The molecule has 1 aliphatic rings. The zero-order valence-corrected chi connectivity index (χ0v) is 7.83. The van der Waals surface area contributed by atoms with E-state index in [4.69, 9.17) is 4.74 Å². The fourth-order valence-electron chi connectivity index (χ4n) is 0.983. The number of thioether (sulfide) groups is 1. The highest BCUT2D eigenvalue weighted by molar-refractivity contribution is 8.15. The van der Waals surface area contributed by atoms with Gasteiger partial charge in [-0.1, -0.05) is 11.8 Å². The summed E-state index contributed by atoms with van der Waals surface area (Å²) < 4.78 is 5.15. The number of rotatable bonds is 2. The summed E-state index contributed by atoms with van der Waals surface area (Å²) in [4.78, 5) is 11.0. The molecule has 0 aromatic carbocycles. The van der Waals surface area contributed by atoms with Crippen molar-refractivity contribution in [1.29, 1.82) is 0 Å². The number of ether oxygens (including phenoxy) is 1. The fraction of sp³-hybridized carbons (Fsp3) is 0.625. The highest BCUT2D eigenvalue weighted by Gasteiger charge is 2.34. The second-order valence-electron chi connectivity index (χ2n) is 2.87. The van der Waals surface area contributed by atoms with Crippen molar-refractivity contribution >= 4 is 16.9 Å². The van der Waals surface area contributed by atoms with Crippen LogP contribution in [0.3, 0.4) is 0 Å². The molecule has 0 N–H and O–H groups in total. The second kappa shape index (κ2) is 2.89. The SMILES string of the molecule is CCOC1=CC(=O)SC1(C)C. The molecular weight excluding hydrogens is 160 g/mol. The van der Waals surface area contributed by atoms with Gasteiger partial charge in [-0.25, -0.2) is 0 Å². The molecule has 0 saturated heterocycles. The quantitative estimate of drug-likeness (QED) is 0.637. The number of carbonyl (C=O) groups excluding carboxylic acids is 1. The second-order valence-corrected chi connectivity index (χ2v) is 4.50. The van der Waals surface area contributed by atoms with Gasteiger partial charge < -0.3 is 4.74 Å². The molecule has 0 saturated carbocycles. The zero-order chi connectivity index (χ0) is 8.48. The molecule has 0 aliphatic carbocycles. The summed E-state index contributed by atoms with van der Waals surface area (Å²) in [7, 11) is 0. The predicted octanol–water partition coefficient (Wildman–Crippen LogP) is 1.96. The first kappa shape index (κ1) is 8.65. The summed E-state index contributed by atoms with van der Waals surface area (Å²) in [6, 6.07) is 0. The minimum absolute atomic E-state index is 0.0958. The minimum Gasteiger partial charge on any atom is -0.497 e. The highest BCUT2D eigenvalue weighted by atomic mass is 32.2. The van der Waals surface area contributed by atoms with E-state index in [0.29, 0.717) is 6.61 Å². The van der Waals surface area contributed by atoms with Crippen LogP contribution in [-0.4, -0.2) is 16.5 Å². The van der Waals surface area contributed by atoms with Crippen molar-refractivity contribution in [1.82, 2.24) is 0 Å². The van der Waals surface area contributed by atoms with Gasteiger partial charge in [0.05, 0.1) is 11.4 Å². The van der Waals surface area contributed by atoms with Crippen molar-refractivity contribution in [3.63, 3.8) is 0 Å². The lowest BCUT2D eigenvalue weighted by molar-refractivity contribution is -0.107. The lowest BCUT2D eigenvalue weighted by atomic mass is 10.1. The van der Waals surface area contributed by atoms with Gasteiger partial charge in [0.2, 0.25) is 5.12 Å². The molecule has 0 bridgehead atoms. The number of carbonyl (C=O) groups is 1. The first-order valence-electron chi connectivity index (χ1n) is 3.64. The van der Waals surface area contributed by atoms with E-state index in [1.54, 1.807) is 6.08 Å². The smallest absolute Gasteiger partial charge is 0.216 e. The lowest BCUT2D eigenvalue weighted by Crippen LogP contribution is -2.16. The first-order valence-corrected chi connectivity index (χ1v) is 4.46. The van der Waals surface area contributed by atoms with Gasteiger partial charge in [0, 0.05) is 6.08 Å². The normalized spacial score (nSPS) is 21.7. The molecule has 0 radical (unpaired) electrons. The number of hydrogen-bond acceptors (Lipinski definition) is 3. The third-order valence-corrected chi connectivity index (χ3v) is 2.53. The molecule has 62 valence electrons. The van der Waals surface area contributed by atoms with Crippen molar-refractivity contribution < 1.29 is 9.53 Å². The Morgan fingerprint density at radius 2 is 2.27 bits per heavy atom. The summed E-state index contributed by atoms with van der Waals surface area (Å²) >= 11 is 1.31. The molecule has 0 spiro atoms. The van der Waals surface area contributed by atoms with Crippen molar-refractivity contribution in [2.24, 2.45) is 0 Å². The van der Waals surface area contributed by atoms with Crippen LogP contribution in [0, 0.1) is 0 Å². The monoisotopic (exact) mass is 172 g/mol. The van der Waals surface area contributed by atoms with Crippen LogP contribution >= 0.6 is 11.8 Å². The maximum atomic E-state index is 11.0. The highest BCUT2D eigenvalue weighted by Crippen LogP contribution is 2.39. The summed E-state index contributed by atoms with van der Waals surface area (Å²) in [5.41, 5.74) is 0. The van der Waals surface area contributed by atoms with Crippen LogP contribution in [0.1, 0.15) is 20.8 Å². The Bertz CT molecular complexity index is 206. The van der Waals surface area contributed by atoms with Crippen molar-refractivity contribution in [2.45, 2.75) is 25.5 Å². The van der Waals surface area contributed by atoms with Crippen LogP contribution in [0.15, 0.2) is 11.8 Å². The average molecular weight is 172 g/mol. The van der Waals surface area contributed by atoms with Crippen LogP contribution in [0.5, 0.6) is 0 Å². The van der Waals surface area contributed by atoms with E-state index in [2.05, 4.69) is 0 Å². The molecule has 3 heteroatoms. The Labute approximate surface area is 71.0 Å². The average Bonchev–Trinajstić information content (AvgIpc) is 2.07. The Balaban J connectivity index is 2.75. The van der Waals surface area contributed by atoms with E-state index in [1.165, 1.54) is 11.8 Å². The van der Waals surface area contributed by atoms with Crippen LogP contribution < -0.4 is 0 Å². The van der Waals surface area contributed by atoms with Crippen molar-refractivity contribution in [3.8, 4) is 0 Å². The number of hydrogen-bond donors (Lipinski definition) is 0. The molecule has 1 rings (SSSR count). The Kier molecular flexibility index (Phi) is 2.28. The third-order valence-electron chi connectivity index (χ3n) is 1.50. The standard InChI is InChI=1S/C8H12O2S/c1-4-10-6-5-7(9)11-8(6,2)3/h5H,4H2,1-3H3. The molecule has 1 heterocycles. The van der Waals surface area contributed by atoms with E-state index in [0.717, 1.165) is 5.76 Å². The summed E-state index contributed by atoms with van der Waals surface area (Å²) in [6.07, 6.45) is 1.58. The molecule has 2 nitrogen and oxygen atoms in total. The molecular formula is C8H12O2S. The van der Waals surface area contributed by atoms with Gasteiger partial charge >= 0.3 is 0 Å². The van der Waals surface area contributed by atoms with Gasteiger partial charge in [-0.15, -0.1) is 0 Å². The summed E-state index contributed by atoms with van der Waals surface area (Å²) in [5.74, 6) is 0.801. The van der Waals surface area contributed by atoms with E-state index in [9.17, 15) is 4.79 Å². The van der Waals surface area contributed by atoms with Crippen LogP contribution in [0.2, 0.25) is 0 Å². The summed E-state index contributed by atoms with van der Waals surface area (Å²) in [6.45, 7) is 6.53. The van der Waals surface area contributed by atoms with Gasteiger partial charge in [-0.3, -0.25) is 4.79 Å². The summed E-state index contributed by atoms with van der Waals surface area (Å²) in [5, 5.41) is 0.0958. The van der Waals surface area contributed by atoms with E-state index >= 15 is 0 Å². The van der Waals surface area contributed by atoms with Crippen molar-refractivity contribution in [3.05, 3.63) is 11.8 Å². The van der Waals surface area contributed by atoms with Crippen LogP contribution in [-0.2, 0) is 9.53 Å². The molecule has 1 aliphatic heterocycles. The molecule has 0 aromatic rings. The fourth-order valence-corrected chi connectivity index (χ4v) is 1.87. The van der Waals surface area contributed by atoms with Crippen molar-refractivity contribution in [2.75, 3.05) is 6.61 Å². The molecule has 0 unspecified atom stereocenters. The van der Waals surface area contributed by atoms with Crippen LogP contribution in [0.25, 0.3) is 0 Å². The van der Waals surface area contributed by atoms with Gasteiger partial charge in [0.15, 0.2) is 0 Å². The molecule has 11 heavy (non-hydrogen) atoms. The molecule has 0 aromatic heterocycles. The van der Waals surface area contributed by atoms with Gasteiger partial charge in [-0.05, 0) is 20.8 Å². The Hall–Kier alpha value is -0.440. The molecule has 0 fully saturated rings. The van der Waals surface area contributed by atoms with Gasteiger partial charge in [0.25, 0.3) is 0 Å². The Morgan fingerprint density at radius 3 is 2.64 bits per heavy atom. The topological polar surface area (TPSA) is 26.3 Å². The maximum Gasteiger partial charge on any atom is 0.216 e. The van der Waals surface area contributed by atoms with Crippen LogP contribution in [0.4, 0.5) is 0 Å². The maximum absolute atomic E-state index is 11.0. The lowest BCUT2D eigenvalue weighted by Gasteiger charge is -2.19.